The van der Waals surface area contributed by atoms with Crippen molar-refractivity contribution in [2.75, 3.05) is 48.1 Å². The summed E-state index contributed by atoms with van der Waals surface area (Å²) in [5.74, 6) is 0.872. The fraction of sp³-hybridized carbons (Fsp3) is 0.727. The summed E-state index contributed by atoms with van der Waals surface area (Å²) in [5.41, 5.74) is 1.34. The van der Waals surface area contributed by atoms with Crippen molar-refractivity contribution in [3.63, 3.8) is 0 Å². The highest BCUT2D eigenvalue weighted by molar-refractivity contribution is 5.89. The van der Waals surface area contributed by atoms with Crippen LogP contribution >= 0.6 is 0 Å². The average Bonchev–Trinajstić information content (AvgIpc) is 3.32. The largest absolute Gasteiger partial charge is 0.497 e. The highest BCUT2D eigenvalue weighted by Crippen LogP contribution is 2.79. The highest BCUT2D eigenvalue weighted by atomic mass is 16.6. The van der Waals surface area contributed by atoms with Crippen molar-refractivity contribution >= 4 is 5.97 Å². The monoisotopic (exact) mass is 567 g/mol. The number of rotatable bonds is 8. The molecule has 0 N–H and O–H groups in total. The molecule has 6 aliphatic rings. The molecule has 0 spiro atoms. The molecule has 1 aromatic carbocycles. The van der Waals surface area contributed by atoms with Crippen LogP contribution in [0.15, 0.2) is 35.9 Å². The van der Waals surface area contributed by atoms with Gasteiger partial charge in [0.05, 0.1) is 37.6 Å². The first-order valence-corrected chi connectivity index (χ1v) is 15.3. The van der Waals surface area contributed by atoms with E-state index in [0.717, 1.165) is 38.8 Å². The van der Waals surface area contributed by atoms with E-state index < -0.39 is 0 Å². The molecule has 7 bridgehead atoms. The maximum absolute atomic E-state index is 13.6. The molecule has 11 atom stereocenters. The Bertz CT molecular complexity index is 1220. The number of carbonyl (C=O) groups is 1. The van der Waals surface area contributed by atoms with E-state index >= 15 is 0 Å². The van der Waals surface area contributed by atoms with E-state index in [1.165, 1.54) is 5.57 Å². The van der Waals surface area contributed by atoms with E-state index in [2.05, 4.69) is 24.8 Å². The fourth-order valence-electron chi connectivity index (χ4n) is 10.9. The number of esters is 1. The summed E-state index contributed by atoms with van der Waals surface area (Å²) in [6.07, 6.45) is 5.86. The fourth-order valence-corrected chi connectivity index (χ4v) is 10.9. The van der Waals surface area contributed by atoms with Gasteiger partial charge in [-0.2, -0.15) is 0 Å². The van der Waals surface area contributed by atoms with Gasteiger partial charge in [0.15, 0.2) is 0 Å². The van der Waals surface area contributed by atoms with Crippen LogP contribution in [0.5, 0.6) is 5.75 Å². The summed E-state index contributed by atoms with van der Waals surface area (Å²) in [5, 5.41) is 0. The molecular weight excluding hydrogens is 522 g/mol. The van der Waals surface area contributed by atoms with Gasteiger partial charge in [0, 0.05) is 56.0 Å². The molecule has 0 aromatic heterocycles. The standard InChI is InChI=1S/C33H45NO7/c1-7-34-17-32(18-36-3)13-12-25(39-6)33-23-16-22-24(38-5)14-20(15-26(31(32,33)2)40-30(33)34)27(23)28(22)41-29(35)19-8-10-21(37-4)11-9-19/h8-11,15,22-28,30H,7,12-14,16-18H2,1-6H3. The zero-order chi connectivity index (χ0) is 28.7. The van der Waals surface area contributed by atoms with Crippen molar-refractivity contribution in [1.29, 1.82) is 0 Å². The minimum absolute atomic E-state index is 0.00619. The molecule has 2 saturated heterocycles. The van der Waals surface area contributed by atoms with E-state index in [0.29, 0.717) is 17.9 Å². The predicted octanol–water partition coefficient (Wildman–Crippen LogP) is 4.33. The lowest BCUT2D eigenvalue weighted by atomic mass is 9.38. The lowest BCUT2D eigenvalue weighted by molar-refractivity contribution is -0.279. The topological polar surface area (TPSA) is 75.7 Å². The first kappa shape index (κ1) is 27.8. The second-order valence-electron chi connectivity index (χ2n) is 13.4. The quantitative estimate of drug-likeness (QED) is 0.340. The van der Waals surface area contributed by atoms with Crippen LogP contribution in [0.4, 0.5) is 0 Å². The van der Waals surface area contributed by atoms with E-state index in [1.54, 1.807) is 26.4 Å². The number of fused-ring (bicyclic) bond motifs is 1. The first-order chi connectivity index (χ1) is 19.8. The number of nitrogens with zero attached hydrogens (tertiary/aromatic N) is 1. The minimum atomic E-state index is -0.287. The molecule has 2 heterocycles. The van der Waals surface area contributed by atoms with Crippen molar-refractivity contribution in [3.8, 4) is 5.75 Å². The summed E-state index contributed by atoms with van der Waals surface area (Å²) in [7, 11) is 7.14. The van der Waals surface area contributed by atoms with Crippen molar-refractivity contribution in [3.05, 3.63) is 41.5 Å². The Morgan fingerprint density at radius 1 is 1.12 bits per heavy atom. The first-order valence-electron chi connectivity index (χ1n) is 15.3. The van der Waals surface area contributed by atoms with Crippen LogP contribution in [0, 0.1) is 34.0 Å². The molecule has 2 aliphatic heterocycles. The van der Waals surface area contributed by atoms with Gasteiger partial charge in [-0.25, -0.2) is 4.79 Å². The third-order valence-corrected chi connectivity index (χ3v) is 12.5. The Labute approximate surface area is 243 Å². The second kappa shape index (κ2) is 9.78. The van der Waals surface area contributed by atoms with Gasteiger partial charge >= 0.3 is 5.97 Å². The van der Waals surface area contributed by atoms with Crippen LogP contribution in [-0.2, 0) is 23.7 Å². The molecule has 0 amide bonds. The molecule has 0 radical (unpaired) electrons. The molecular formula is C33H45NO7. The molecule has 41 heavy (non-hydrogen) atoms. The zero-order valence-electron chi connectivity index (χ0n) is 25.3. The lowest BCUT2D eigenvalue weighted by Gasteiger charge is -2.69. The number of hydrogen-bond acceptors (Lipinski definition) is 8. The van der Waals surface area contributed by atoms with Gasteiger partial charge < -0.3 is 28.4 Å². The summed E-state index contributed by atoms with van der Waals surface area (Å²) >= 11 is 0. The number of benzene rings is 1. The zero-order valence-corrected chi connectivity index (χ0v) is 25.3. The minimum Gasteiger partial charge on any atom is -0.497 e. The molecule has 8 nitrogen and oxygen atoms in total. The van der Waals surface area contributed by atoms with Crippen LogP contribution in [-0.4, -0.2) is 89.6 Å². The van der Waals surface area contributed by atoms with Crippen molar-refractivity contribution in [2.45, 2.75) is 70.2 Å². The van der Waals surface area contributed by atoms with Gasteiger partial charge in [-0.15, -0.1) is 0 Å². The van der Waals surface area contributed by atoms with Gasteiger partial charge in [-0.1, -0.05) is 25.5 Å². The van der Waals surface area contributed by atoms with Gasteiger partial charge in [0.25, 0.3) is 0 Å². The Balaban J connectivity index is 1.37. The molecule has 3 saturated carbocycles. The second-order valence-corrected chi connectivity index (χ2v) is 13.4. The molecule has 5 fully saturated rings. The van der Waals surface area contributed by atoms with Crippen LogP contribution in [0.3, 0.4) is 0 Å². The molecule has 1 aromatic rings. The number of carbonyl (C=O) groups excluding carboxylic acids is 1. The van der Waals surface area contributed by atoms with Crippen molar-refractivity contribution in [1.82, 2.24) is 4.90 Å². The number of likely N-dealkylation sites (tertiary alicyclic amines) is 1. The summed E-state index contributed by atoms with van der Waals surface area (Å²) in [6, 6.07) is 7.19. The summed E-state index contributed by atoms with van der Waals surface area (Å²) in [4.78, 5) is 16.2. The summed E-state index contributed by atoms with van der Waals surface area (Å²) < 4.78 is 37.7. The third-order valence-electron chi connectivity index (χ3n) is 12.5. The molecule has 8 heteroatoms. The smallest absolute Gasteiger partial charge is 0.338 e. The van der Waals surface area contributed by atoms with Gasteiger partial charge in [0.2, 0.25) is 0 Å². The number of methoxy groups -OCH3 is 4. The van der Waals surface area contributed by atoms with E-state index in [-0.39, 0.29) is 70.6 Å². The Kier molecular flexibility index (Phi) is 6.64. The van der Waals surface area contributed by atoms with Gasteiger partial charge in [0.1, 0.15) is 18.1 Å². The van der Waals surface area contributed by atoms with Crippen molar-refractivity contribution < 1.29 is 33.2 Å². The SMILES string of the molecule is CCN1CC2(COC)CCC(OC)C34C5CC6C(OC)CC(=CC(OC13)C24C)C5C6OC(=O)c1ccc(OC)cc1. The molecule has 224 valence electrons. The maximum Gasteiger partial charge on any atom is 0.338 e. The number of piperidine rings is 1. The Morgan fingerprint density at radius 3 is 2.56 bits per heavy atom. The Hall–Kier alpha value is -1.97. The highest BCUT2D eigenvalue weighted by Gasteiger charge is 2.83. The van der Waals surface area contributed by atoms with Gasteiger partial charge in [-0.05, 0) is 62.4 Å². The number of ether oxygens (including phenoxy) is 6. The third kappa shape index (κ3) is 3.37. The maximum atomic E-state index is 13.6. The molecule has 4 aliphatic carbocycles. The molecule has 11 unspecified atom stereocenters. The lowest BCUT2D eigenvalue weighted by Crippen LogP contribution is -2.75. The number of hydrogen-bond donors (Lipinski definition) is 0. The van der Waals surface area contributed by atoms with Crippen LogP contribution in [0.2, 0.25) is 0 Å². The van der Waals surface area contributed by atoms with Crippen LogP contribution in [0.1, 0.15) is 49.9 Å². The summed E-state index contributed by atoms with van der Waals surface area (Å²) in [6.45, 7) is 7.29. The van der Waals surface area contributed by atoms with Gasteiger partial charge in [-0.3, -0.25) is 4.90 Å². The van der Waals surface area contributed by atoms with Crippen LogP contribution in [0.25, 0.3) is 0 Å². The van der Waals surface area contributed by atoms with E-state index in [9.17, 15) is 4.79 Å². The average molecular weight is 568 g/mol. The normalized spacial score (nSPS) is 45.7. The molecule has 7 rings (SSSR count). The van der Waals surface area contributed by atoms with E-state index in [4.69, 9.17) is 28.4 Å². The van der Waals surface area contributed by atoms with Crippen LogP contribution < -0.4 is 4.74 Å². The van der Waals surface area contributed by atoms with E-state index in [1.807, 2.05) is 26.4 Å². The Morgan fingerprint density at radius 2 is 1.90 bits per heavy atom. The van der Waals surface area contributed by atoms with Crippen molar-refractivity contribution in [2.24, 2.45) is 34.0 Å². The predicted molar refractivity (Wildman–Crippen MR) is 152 cm³/mol.